The second-order valence-corrected chi connectivity index (χ2v) is 7.20. The van der Waals surface area contributed by atoms with Crippen LogP contribution < -0.4 is 5.32 Å². The van der Waals surface area contributed by atoms with Gasteiger partial charge in [-0.15, -0.1) is 0 Å². The van der Waals surface area contributed by atoms with Gasteiger partial charge in [-0.3, -0.25) is 0 Å². The molecule has 0 spiro atoms. The van der Waals surface area contributed by atoms with Gasteiger partial charge in [0.05, 0.1) is 0 Å². The van der Waals surface area contributed by atoms with E-state index in [1.165, 1.54) is 42.4 Å². The van der Waals surface area contributed by atoms with Gasteiger partial charge in [0.1, 0.15) is 0 Å². The fourth-order valence-electron chi connectivity index (χ4n) is 2.86. The highest BCUT2D eigenvalue weighted by Crippen LogP contribution is 2.27. The van der Waals surface area contributed by atoms with E-state index >= 15 is 0 Å². The van der Waals surface area contributed by atoms with E-state index in [0.717, 1.165) is 12.6 Å². The van der Waals surface area contributed by atoms with Gasteiger partial charge in [0.15, 0.2) is 0 Å². The van der Waals surface area contributed by atoms with Crippen LogP contribution in [0.5, 0.6) is 0 Å². The molecule has 1 nitrogen and oxygen atoms in total. The first kappa shape index (κ1) is 14.6. The van der Waals surface area contributed by atoms with Crippen LogP contribution in [0.4, 0.5) is 0 Å². The van der Waals surface area contributed by atoms with Crippen LogP contribution in [0.1, 0.15) is 55.4 Å². The molecule has 0 unspecified atom stereocenters. The van der Waals surface area contributed by atoms with E-state index in [4.69, 9.17) is 0 Å². The Morgan fingerprint density at radius 1 is 1.11 bits per heavy atom. The van der Waals surface area contributed by atoms with Crippen LogP contribution in [0.2, 0.25) is 0 Å². The smallest absolute Gasteiger partial charge is 0.00684 e. The second-order valence-electron chi connectivity index (χ2n) is 7.20. The third-order valence-electron chi connectivity index (χ3n) is 4.34. The molecule has 106 valence electrons. The highest BCUT2D eigenvalue weighted by Gasteiger charge is 2.25. The number of nitrogens with one attached hydrogen (secondary N) is 1. The van der Waals surface area contributed by atoms with E-state index in [0.29, 0.717) is 5.41 Å². The van der Waals surface area contributed by atoms with Gasteiger partial charge in [0.2, 0.25) is 0 Å². The van der Waals surface area contributed by atoms with Crippen molar-refractivity contribution in [1.29, 1.82) is 0 Å². The van der Waals surface area contributed by atoms with E-state index in [9.17, 15) is 0 Å². The maximum absolute atomic E-state index is 3.67. The van der Waals surface area contributed by atoms with E-state index in [1.807, 2.05) is 0 Å². The summed E-state index contributed by atoms with van der Waals surface area (Å²) in [5.74, 6) is 0. The standard InChI is InChI=1S/C18H29N/c1-13-10-14(2)17(15(3)11-13)8-9-18(4,5)12-19-16-6-7-16/h10-11,16,19H,6-9,12H2,1-5H3. The molecule has 1 aromatic carbocycles. The fourth-order valence-corrected chi connectivity index (χ4v) is 2.86. The van der Waals surface area contributed by atoms with Gasteiger partial charge in [-0.25, -0.2) is 0 Å². The molecule has 0 aromatic heterocycles. The van der Waals surface area contributed by atoms with Crippen LogP contribution in [0.25, 0.3) is 0 Å². The molecule has 1 saturated carbocycles. The summed E-state index contributed by atoms with van der Waals surface area (Å²) in [5.41, 5.74) is 6.26. The minimum atomic E-state index is 0.395. The van der Waals surface area contributed by atoms with Crippen LogP contribution in [0.3, 0.4) is 0 Å². The van der Waals surface area contributed by atoms with Crippen molar-refractivity contribution in [3.63, 3.8) is 0 Å². The van der Waals surface area contributed by atoms with Crippen molar-refractivity contribution in [2.75, 3.05) is 6.54 Å². The molecule has 1 aliphatic rings. The predicted octanol–water partition coefficient (Wildman–Crippen LogP) is 4.32. The molecular weight excluding hydrogens is 230 g/mol. The molecule has 0 bridgehead atoms. The Morgan fingerprint density at radius 3 is 2.21 bits per heavy atom. The topological polar surface area (TPSA) is 12.0 Å². The Balaban J connectivity index is 1.93. The predicted molar refractivity (Wildman–Crippen MR) is 83.8 cm³/mol. The maximum atomic E-state index is 3.67. The van der Waals surface area contributed by atoms with Crippen molar-refractivity contribution < 1.29 is 0 Å². The summed E-state index contributed by atoms with van der Waals surface area (Å²) in [7, 11) is 0. The van der Waals surface area contributed by atoms with Crippen molar-refractivity contribution in [2.24, 2.45) is 5.41 Å². The SMILES string of the molecule is Cc1cc(C)c(CCC(C)(C)CNC2CC2)c(C)c1. The number of aryl methyl sites for hydroxylation is 3. The Hall–Kier alpha value is -0.820. The van der Waals surface area contributed by atoms with Crippen molar-refractivity contribution >= 4 is 0 Å². The van der Waals surface area contributed by atoms with Gasteiger partial charge in [-0.05, 0) is 68.6 Å². The van der Waals surface area contributed by atoms with Crippen LogP contribution in [0.15, 0.2) is 12.1 Å². The van der Waals surface area contributed by atoms with Gasteiger partial charge in [-0.1, -0.05) is 31.5 Å². The van der Waals surface area contributed by atoms with Crippen molar-refractivity contribution in [3.8, 4) is 0 Å². The highest BCUT2D eigenvalue weighted by atomic mass is 15.0. The van der Waals surface area contributed by atoms with Gasteiger partial charge in [-0.2, -0.15) is 0 Å². The van der Waals surface area contributed by atoms with Crippen LogP contribution >= 0.6 is 0 Å². The fraction of sp³-hybridized carbons (Fsp3) is 0.667. The Morgan fingerprint density at radius 2 is 1.68 bits per heavy atom. The number of rotatable bonds is 6. The molecule has 2 rings (SSSR count). The normalized spacial score (nSPS) is 15.8. The minimum Gasteiger partial charge on any atom is -0.313 e. The first-order chi connectivity index (χ1) is 8.87. The second kappa shape index (κ2) is 5.66. The summed E-state index contributed by atoms with van der Waals surface area (Å²) in [6.07, 6.45) is 5.23. The average Bonchev–Trinajstić information content (AvgIpc) is 3.08. The molecule has 1 aromatic rings. The number of benzene rings is 1. The van der Waals surface area contributed by atoms with Gasteiger partial charge in [0.25, 0.3) is 0 Å². The lowest BCUT2D eigenvalue weighted by Gasteiger charge is -2.26. The third kappa shape index (κ3) is 4.35. The van der Waals surface area contributed by atoms with Crippen molar-refractivity contribution in [2.45, 2.75) is 66.3 Å². The molecule has 19 heavy (non-hydrogen) atoms. The molecule has 0 aliphatic heterocycles. The summed E-state index contributed by atoms with van der Waals surface area (Å²) in [4.78, 5) is 0. The highest BCUT2D eigenvalue weighted by molar-refractivity contribution is 5.37. The molecule has 1 N–H and O–H groups in total. The summed E-state index contributed by atoms with van der Waals surface area (Å²) in [6, 6.07) is 5.46. The molecular formula is C18H29N. The van der Waals surface area contributed by atoms with E-state index in [1.54, 1.807) is 5.56 Å². The lowest BCUT2D eigenvalue weighted by atomic mass is 9.84. The number of hydrogen-bond donors (Lipinski definition) is 1. The monoisotopic (exact) mass is 259 g/mol. The molecule has 0 atom stereocenters. The lowest BCUT2D eigenvalue weighted by molar-refractivity contribution is 0.313. The summed E-state index contributed by atoms with van der Waals surface area (Å²) < 4.78 is 0. The van der Waals surface area contributed by atoms with Crippen LogP contribution in [-0.4, -0.2) is 12.6 Å². The van der Waals surface area contributed by atoms with Gasteiger partial charge in [0, 0.05) is 12.6 Å². The molecule has 0 radical (unpaired) electrons. The largest absolute Gasteiger partial charge is 0.313 e. The molecule has 1 fully saturated rings. The molecule has 0 heterocycles. The first-order valence-electron chi connectivity index (χ1n) is 7.67. The summed E-state index contributed by atoms with van der Waals surface area (Å²) in [6.45, 7) is 12.6. The Bertz CT molecular complexity index is 418. The van der Waals surface area contributed by atoms with Crippen molar-refractivity contribution in [1.82, 2.24) is 5.32 Å². The lowest BCUT2D eigenvalue weighted by Crippen LogP contribution is -2.31. The van der Waals surface area contributed by atoms with E-state index in [-0.39, 0.29) is 0 Å². The summed E-state index contributed by atoms with van der Waals surface area (Å²) in [5, 5.41) is 3.67. The Kier molecular flexibility index (Phi) is 4.35. The average molecular weight is 259 g/mol. The quantitative estimate of drug-likeness (QED) is 0.802. The Labute approximate surface area is 118 Å². The zero-order valence-corrected chi connectivity index (χ0v) is 13.3. The van der Waals surface area contributed by atoms with Crippen molar-refractivity contribution in [3.05, 3.63) is 34.4 Å². The molecule has 1 aliphatic carbocycles. The first-order valence-corrected chi connectivity index (χ1v) is 7.67. The third-order valence-corrected chi connectivity index (χ3v) is 4.34. The van der Waals surface area contributed by atoms with E-state index in [2.05, 4.69) is 52.1 Å². The van der Waals surface area contributed by atoms with Gasteiger partial charge >= 0.3 is 0 Å². The molecule has 0 saturated heterocycles. The zero-order chi connectivity index (χ0) is 14.0. The van der Waals surface area contributed by atoms with E-state index < -0.39 is 0 Å². The number of hydrogen-bond acceptors (Lipinski definition) is 1. The van der Waals surface area contributed by atoms with Crippen LogP contribution in [0, 0.1) is 26.2 Å². The molecule has 0 amide bonds. The summed E-state index contributed by atoms with van der Waals surface area (Å²) >= 11 is 0. The molecule has 1 heteroatoms. The minimum absolute atomic E-state index is 0.395. The maximum Gasteiger partial charge on any atom is 0.00684 e. The van der Waals surface area contributed by atoms with Crippen LogP contribution in [-0.2, 0) is 6.42 Å². The van der Waals surface area contributed by atoms with Gasteiger partial charge < -0.3 is 5.32 Å². The zero-order valence-electron chi connectivity index (χ0n) is 13.3.